The molecule has 0 saturated carbocycles. The first-order valence-electron chi connectivity index (χ1n) is 6.66. The van der Waals surface area contributed by atoms with Crippen LogP contribution in [0.3, 0.4) is 0 Å². The van der Waals surface area contributed by atoms with Gasteiger partial charge in [-0.2, -0.15) is 21.2 Å². The Morgan fingerprint density at radius 1 is 1.45 bits per heavy atom. The molecule has 6 nitrogen and oxygen atoms in total. The molecule has 1 aliphatic rings. The van der Waals surface area contributed by atoms with Crippen molar-refractivity contribution in [3.63, 3.8) is 0 Å². The summed E-state index contributed by atoms with van der Waals surface area (Å²) in [5, 5.41) is 6.71. The van der Waals surface area contributed by atoms with Crippen LogP contribution in [0.15, 0.2) is 4.90 Å². The lowest BCUT2D eigenvalue weighted by atomic mass is 10.1. The first kappa shape index (κ1) is 15.8. The predicted octanol–water partition coefficient (Wildman–Crippen LogP) is 1.08. The summed E-state index contributed by atoms with van der Waals surface area (Å²) in [7, 11) is -3.52. The average Bonchev–Trinajstić information content (AvgIpc) is 2.64. The summed E-state index contributed by atoms with van der Waals surface area (Å²) in [5.41, 5.74) is 6.57. The number of nitrogens with two attached hydrogens (primary N) is 1. The smallest absolute Gasteiger partial charge is 0.246 e. The van der Waals surface area contributed by atoms with Gasteiger partial charge in [-0.15, -0.1) is 0 Å². The van der Waals surface area contributed by atoms with E-state index in [0.29, 0.717) is 24.5 Å². The fourth-order valence-electron chi connectivity index (χ4n) is 2.32. The van der Waals surface area contributed by atoms with Gasteiger partial charge < -0.3 is 5.73 Å². The second-order valence-electron chi connectivity index (χ2n) is 5.59. The number of aromatic nitrogens is 2. The second kappa shape index (κ2) is 5.67. The average molecular weight is 318 g/mol. The molecular formula is C12H22N4O2S2. The maximum atomic E-state index is 12.8. The number of nitrogens with zero attached hydrogens (tertiary/aromatic N) is 2. The first-order valence-corrected chi connectivity index (χ1v) is 9.08. The number of sulfonamides is 1. The van der Waals surface area contributed by atoms with Crippen molar-refractivity contribution in [2.75, 3.05) is 18.8 Å². The van der Waals surface area contributed by atoms with Crippen LogP contribution in [0.5, 0.6) is 0 Å². The number of H-pyrrole nitrogens is 1. The number of aromatic amines is 1. The minimum absolute atomic E-state index is 0.117. The Hall–Kier alpha value is -0.570. The van der Waals surface area contributed by atoms with Gasteiger partial charge in [0.2, 0.25) is 10.0 Å². The topological polar surface area (TPSA) is 92.1 Å². The molecule has 0 radical (unpaired) electrons. The van der Waals surface area contributed by atoms with Crippen LogP contribution in [-0.4, -0.2) is 46.5 Å². The van der Waals surface area contributed by atoms with Crippen LogP contribution in [0.2, 0.25) is 0 Å². The van der Waals surface area contributed by atoms with Crippen molar-refractivity contribution >= 4 is 21.8 Å². The molecule has 8 heteroatoms. The maximum Gasteiger partial charge on any atom is 0.246 e. The lowest BCUT2D eigenvalue weighted by molar-refractivity contribution is 0.414. The van der Waals surface area contributed by atoms with Crippen molar-refractivity contribution < 1.29 is 8.42 Å². The molecule has 1 fully saturated rings. The van der Waals surface area contributed by atoms with Gasteiger partial charge >= 0.3 is 0 Å². The molecule has 0 aliphatic carbocycles. The third-order valence-electron chi connectivity index (χ3n) is 3.55. The highest BCUT2D eigenvalue weighted by atomic mass is 32.2. The molecule has 0 spiro atoms. The van der Waals surface area contributed by atoms with Gasteiger partial charge in [-0.1, -0.05) is 13.8 Å². The van der Waals surface area contributed by atoms with Crippen LogP contribution in [-0.2, 0) is 16.6 Å². The predicted molar refractivity (Wildman–Crippen MR) is 81.1 cm³/mol. The van der Waals surface area contributed by atoms with Gasteiger partial charge in [0.25, 0.3) is 0 Å². The van der Waals surface area contributed by atoms with Crippen molar-refractivity contribution in [2.45, 2.75) is 43.4 Å². The molecule has 0 unspecified atom stereocenters. The van der Waals surface area contributed by atoms with Gasteiger partial charge in [-0.25, -0.2) is 8.42 Å². The van der Waals surface area contributed by atoms with E-state index >= 15 is 0 Å². The third kappa shape index (κ3) is 3.03. The zero-order chi connectivity index (χ0) is 15.0. The molecule has 0 bridgehead atoms. The van der Waals surface area contributed by atoms with E-state index in [1.165, 1.54) is 0 Å². The van der Waals surface area contributed by atoms with Crippen molar-refractivity contribution in [1.82, 2.24) is 14.5 Å². The molecule has 1 saturated heterocycles. The summed E-state index contributed by atoms with van der Waals surface area (Å²) in [5.74, 6) is 0.807. The number of thioether (sulfide) groups is 1. The Bertz CT molecular complexity index is 580. The summed E-state index contributed by atoms with van der Waals surface area (Å²) in [6, 6.07) is 0. The van der Waals surface area contributed by atoms with Gasteiger partial charge in [0, 0.05) is 30.1 Å². The van der Waals surface area contributed by atoms with E-state index in [1.807, 2.05) is 11.8 Å². The fraction of sp³-hybridized carbons (Fsp3) is 0.750. The third-order valence-corrected chi connectivity index (χ3v) is 7.02. The minimum atomic E-state index is -3.52. The lowest BCUT2D eigenvalue weighted by Crippen LogP contribution is -2.34. The number of rotatable bonds is 3. The molecule has 1 aromatic rings. The van der Waals surface area contributed by atoms with Gasteiger partial charge in [0.05, 0.1) is 11.4 Å². The van der Waals surface area contributed by atoms with Crippen molar-refractivity contribution in [1.29, 1.82) is 0 Å². The number of aryl methyl sites for hydroxylation is 1. The molecule has 1 aliphatic heterocycles. The van der Waals surface area contributed by atoms with Gasteiger partial charge in [-0.05, 0) is 13.3 Å². The number of hydrogen-bond donors (Lipinski definition) is 2. The maximum absolute atomic E-state index is 12.8. The molecule has 2 heterocycles. The largest absolute Gasteiger partial charge is 0.325 e. The highest BCUT2D eigenvalue weighted by Crippen LogP contribution is 2.33. The Morgan fingerprint density at radius 2 is 2.15 bits per heavy atom. The molecule has 2 rings (SSSR count). The first-order chi connectivity index (χ1) is 9.28. The standard InChI is InChI=1S/C12H22N4O2S2/c1-9-11(10(8-13)15-14-9)20(17,18)16-5-4-12(2,3)19-7-6-16/h4-8,13H2,1-3H3,(H,14,15). The van der Waals surface area contributed by atoms with E-state index in [-0.39, 0.29) is 16.2 Å². The normalized spacial score (nSPS) is 20.8. The van der Waals surface area contributed by atoms with E-state index in [9.17, 15) is 8.42 Å². The molecular weight excluding hydrogens is 296 g/mol. The molecule has 114 valence electrons. The molecule has 20 heavy (non-hydrogen) atoms. The Balaban J connectivity index is 2.33. The van der Waals surface area contributed by atoms with E-state index in [0.717, 1.165) is 12.2 Å². The summed E-state index contributed by atoms with van der Waals surface area (Å²) in [4.78, 5) is 0.254. The molecule has 0 amide bonds. The van der Waals surface area contributed by atoms with Crippen molar-refractivity contribution in [2.24, 2.45) is 5.73 Å². The van der Waals surface area contributed by atoms with E-state index in [4.69, 9.17) is 5.73 Å². The summed E-state index contributed by atoms with van der Waals surface area (Å²) in [6.45, 7) is 7.22. The molecule has 1 aromatic heterocycles. The Labute approximate surface area is 124 Å². The molecule has 0 aromatic carbocycles. The number of hydrogen-bond acceptors (Lipinski definition) is 5. The van der Waals surface area contributed by atoms with E-state index in [1.54, 1.807) is 11.2 Å². The highest BCUT2D eigenvalue weighted by Gasteiger charge is 2.34. The highest BCUT2D eigenvalue weighted by molar-refractivity contribution is 8.00. The minimum Gasteiger partial charge on any atom is -0.325 e. The van der Waals surface area contributed by atoms with Crippen LogP contribution in [0, 0.1) is 6.92 Å². The van der Waals surface area contributed by atoms with Crippen LogP contribution in [0.25, 0.3) is 0 Å². The summed E-state index contributed by atoms with van der Waals surface area (Å²) >= 11 is 1.82. The lowest BCUT2D eigenvalue weighted by Gasteiger charge is -2.22. The number of nitrogens with one attached hydrogen (secondary N) is 1. The molecule has 0 atom stereocenters. The Morgan fingerprint density at radius 3 is 2.80 bits per heavy atom. The van der Waals surface area contributed by atoms with Gasteiger partial charge in [0.1, 0.15) is 4.90 Å². The Kier molecular flexibility index (Phi) is 4.48. The summed E-state index contributed by atoms with van der Waals surface area (Å²) < 4.78 is 27.3. The van der Waals surface area contributed by atoms with Crippen LogP contribution >= 0.6 is 11.8 Å². The van der Waals surface area contributed by atoms with E-state index < -0.39 is 10.0 Å². The van der Waals surface area contributed by atoms with Gasteiger partial charge in [0.15, 0.2) is 0 Å². The quantitative estimate of drug-likeness (QED) is 0.870. The summed E-state index contributed by atoms with van der Waals surface area (Å²) in [6.07, 6.45) is 0.839. The van der Waals surface area contributed by atoms with Crippen molar-refractivity contribution in [3.05, 3.63) is 11.4 Å². The van der Waals surface area contributed by atoms with Crippen molar-refractivity contribution in [3.8, 4) is 0 Å². The zero-order valence-corrected chi connectivity index (χ0v) is 13.8. The monoisotopic (exact) mass is 318 g/mol. The van der Waals surface area contributed by atoms with E-state index in [2.05, 4.69) is 24.0 Å². The second-order valence-corrected chi connectivity index (χ2v) is 9.27. The SMILES string of the molecule is Cc1[nH]nc(CN)c1S(=O)(=O)N1CCSC(C)(C)CC1. The van der Waals surface area contributed by atoms with Crippen LogP contribution in [0.1, 0.15) is 31.7 Å². The zero-order valence-electron chi connectivity index (χ0n) is 12.1. The van der Waals surface area contributed by atoms with Crippen LogP contribution in [0.4, 0.5) is 0 Å². The fourth-order valence-corrected chi connectivity index (χ4v) is 5.32. The molecule has 3 N–H and O–H groups in total. The van der Waals surface area contributed by atoms with Gasteiger partial charge in [-0.3, -0.25) is 5.10 Å². The van der Waals surface area contributed by atoms with Crippen LogP contribution < -0.4 is 5.73 Å².